The van der Waals surface area contributed by atoms with E-state index < -0.39 is 11.4 Å². The summed E-state index contributed by atoms with van der Waals surface area (Å²) in [5.41, 5.74) is 1.08. The molecule has 1 aromatic rings. The highest BCUT2D eigenvalue weighted by atomic mass is 16.4. The van der Waals surface area contributed by atoms with Crippen LogP contribution in [0.3, 0.4) is 0 Å². The molecule has 2 rings (SSSR count). The minimum absolute atomic E-state index is 0.155. The van der Waals surface area contributed by atoms with Gasteiger partial charge in [-0.3, -0.25) is 9.59 Å². The fourth-order valence-corrected chi connectivity index (χ4v) is 2.65. The van der Waals surface area contributed by atoms with E-state index in [1.54, 1.807) is 12.1 Å². The second kappa shape index (κ2) is 5.12. The zero-order valence-electron chi connectivity index (χ0n) is 11.8. The molecular weight excluding hydrogens is 254 g/mol. The summed E-state index contributed by atoms with van der Waals surface area (Å²) in [4.78, 5) is 25.5. The van der Waals surface area contributed by atoms with Crippen LogP contribution >= 0.6 is 0 Å². The number of carboxylic acid groups (broad SMARTS) is 1. The van der Waals surface area contributed by atoms with Crippen LogP contribution in [0.5, 0.6) is 0 Å². The van der Waals surface area contributed by atoms with Crippen LogP contribution in [0.25, 0.3) is 5.70 Å². The van der Waals surface area contributed by atoms with Crippen LogP contribution in [0.4, 0.5) is 0 Å². The summed E-state index contributed by atoms with van der Waals surface area (Å²) in [6.07, 6.45) is 0.957. The topological polar surface area (TPSA) is 57.6 Å². The molecule has 0 fully saturated rings. The van der Waals surface area contributed by atoms with Crippen molar-refractivity contribution in [3.63, 3.8) is 0 Å². The van der Waals surface area contributed by atoms with Gasteiger partial charge in [0.05, 0.1) is 5.41 Å². The molecule has 0 aromatic heterocycles. The molecule has 1 amide bonds. The quantitative estimate of drug-likeness (QED) is 0.897. The maximum absolute atomic E-state index is 12.4. The van der Waals surface area contributed by atoms with E-state index in [1.807, 2.05) is 26.0 Å². The molecule has 1 aromatic carbocycles. The molecule has 106 valence electrons. The Hall–Kier alpha value is -2.10. The number of fused-ring (bicyclic) bond motifs is 1. The van der Waals surface area contributed by atoms with E-state index in [-0.39, 0.29) is 12.5 Å². The molecule has 0 saturated carbocycles. The van der Waals surface area contributed by atoms with Crippen molar-refractivity contribution in [3.05, 3.63) is 42.0 Å². The number of amides is 1. The van der Waals surface area contributed by atoms with Crippen molar-refractivity contribution in [1.29, 1.82) is 0 Å². The van der Waals surface area contributed by atoms with Crippen LogP contribution < -0.4 is 0 Å². The first kappa shape index (κ1) is 14.3. The number of hydrogen-bond acceptors (Lipinski definition) is 2. The molecule has 4 heteroatoms. The monoisotopic (exact) mass is 273 g/mol. The minimum atomic E-state index is -0.916. The van der Waals surface area contributed by atoms with Gasteiger partial charge in [-0.25, -0.2) is 0 Å². The van der Waals surface area contributed by atoms with Gasteiger partial charge in [-0.1, -0.05) is 38.6 Å². The van der Waals surface area contributed by atoms with E-state index in [4.69, 9.17) is 0 Å². The average molecular weight is 273 g/mol. The number of benzene rings is 1. The number of nitrogens with zero attached hydrogens (tertiary/aromatic N) is 1. The molecule has 1 aliphatic heterocycles. The minimum Gasteiger partial charge on any atom is -0.481 e. The third-order valence-corrected chi connectivity index (χ3v) is 4.31. The van der Waals surface area contributed by atoms with Gasteiger partial charge in [-0.15, -0.1) is 0 Å². The molecule has 4 nitrogen and oxygen atoms in total. The summed E-state index contributed by atoms with van der Waals surface area (Å²) in [7, 11) is 0. The van der Waals surface area contributed by atoms with Gasteiger partial charge in [0, 0.05) is 23.4 Å². The van der Waals surface area contributed by atoms with Gasteiger partial charge in [0.2, 0.25) is 0 Å². The standard InChI is InChI=1S/C16H19NO3/c1-4-16(5-2,15(19)20)10-17-11(3)12-8-6-7-9-13(12)14(17)18/h6-9H,3-5,10H2,1-2H3,(H,19,20). The number of carbonyl (C=O) groups is 2. The summed E-state index contributed by atoms with van der Waals surface area (Å²) in [5.74, 6) is -1.02. The molecule has 1 heterocycles. The van der Waals surface area contributed by atoms with E-state index in [9.17, 15) is 14.7 Å². The first-order valence-corrected chi connectivity index (χ1v) is 6.80. The third-order valence-electron chi connectivity index (χ3n) is 4.31. The lowest BCUT2D eigenvalue weighted by Gasteiger charge is -2.32. The lowest BCUT2D eigenvalue weighted by atomic mass is 9.82. The largest absolute Gasteiger partial charge is 0.481 e. The molecule has 1 N–H and O–H groups in total. The van der Waals surface area contributed by atoms with Crippen molar-refractivity contribution < 1.29 is 14.7 Å². The Morgan fingerprint density at radius 3 is 2.25 bits per heavy atom. The summed E-state index contributed by atoms with van der Waals surface area (Å²) in [6.45, 7) is 7.80. The van der Waals surface area contributed by atoms with Crippen LogP contribution in [-0.4, -0.2) is 28.4 Å². The van der Waals surface area contributed by atoms with Crippen molar-refractivity contribution in [2.45, 2.75) is 26.7 Å². The van der Waals surface area contributed by atoms with E-state index in [0.29, 0.717) is 24.1 Å². The van der Waals surface area contributed by atoms with Gasteiger partial charge in [0.1, 0.15) is 0 Å². The Bertz CT molecular complexity index is 538. The maximum Gasteiger partial charge on any atom is 0.311 e. The SMILES string of the molecule is C=C1c2ccccc2C(=O)N1CC(CC)(CC)C(=O)O. The van der Waals surface area contributed by atoms with Crippen molar-refractivity contribution in [3.8, 4) is 0 Å². The van der Waals surface area contributed by atoms with Crippen LogP contribution in [0, 0.1) is 5.41 Å². The van der Waals surface area contributed by atoms with Crippen molar-refractivity contribution in [1.82, 2.24) is 4.90 Å². The summed E-state index contributed by atoms with van der Waals surface area (Å²) < 4.78 is 0. The molecule has 20 heavy (non-hydrogen) atoms. The zero-order valence-corrected chi connectivity index (χ0v) is 11.8. The van der Waals surface area contributed by atoms with Gasteiger partial charge in [0.15, 0.2) is 0 Å². The number of carboxylic acids is 1. The normalized spacial score (nSPS) is 14.6. The van der Waals surface area contributed by atoms with Gasteiger partial charge in [-0.2, -0.15) is 0 Å². The highest BCUT2D eigenvalue weighted by Crippen LogP contribution is 2.36. The van der Waals surface area contributed by atoms with E-state index in [0.717, 1.165) is 5.56 Å². The Labute approximate surface area is 118 Å². The molecule has 0 radical (unpaired) electrons. The Morgan fingerprint density at radius 1 is 1.25 bits per heavy atom. The summed E-state index contributed by atoms with van der Waals surface area (Å²) >= 11 is 0. The number of hydrogen-bond donors (Lipinski definition) is 1. The summed E-state index contributed by atoms with van der Waals surface area (Å²) in [5, 5.41) is 9.51. The van der Waals surface area contributed by atoms with Crippen molar-refractivity contribution >= 4 is 17.6 Å². The average Bonchev–Trinajstić information content (AvgIpc) is 2.69. The molecule has 0 spiro atoms. The highest BCUT2D eigenvalue weighted by Gasteiger charge is 2.41. The predicted molar refractivity (Wildman–Crippen MR) is 77.2 cm³/mol. The first-order chi connectivity index (χ1) is 9.46. The second-order valence-corrected chi connectivity index (χ2v) is 5.18. The third kappa shape index (κ3) is 2.01. The van der Waals surface area contributed by atoms with E-state index in [1.165, 1.54) is 4.90 Å². The number of rotatable bonds is 5. The Morgan fingerprint density at radius 2 is 1.80 bits per heavy atom. The molecular formula is C16H19NO3. The zero-order chi connectivity index (χ0) is 14.9. The van der Waals surface area contributed by atoms with Gasteiger partial charge in [0.25, 0.3) is 5.91 Å². The van der Waals surface area contributed by atoms with Crippen molar-refractivity contribution in [2.24, 2.45) is 5.41 Å². The van der Waals surface area contributed by atoms with Crippen molar-refractivity contribution in [2.75, 3.05) is 6.54 Å². The Balaban J connectivity index is 2.35. The van der Waals surface area contributed by atoms with Gasteiger partial charge >= 0.3 is 5.97 Å². The smallest absolute Gasteiger partial charge is 0.311 e. The molecule has 0 aliphatic carbocycles. The number of carbonyl (C=O) groups excluding carboxylic acids is 1. The van der Waals surface area contributed by atoms with Crippen LogP contribution in [0.15, 0.2) is 30.8 Å². The molecule has 0 atom stereocenters. The molecule has 0 bridgehead atoms. The fraction of sp³-hybridized carbons (Fsp3) is 0.375. The summed E-state index contributed by atoms with van der Waals surface area (Å²) in [6, 6.07) is 7.25. The highest BCUT2D eigenvalue weighted by molar-refractivity contribution is 6.09. The first-order valence-electron chi connectivity index (χ1n) is 6.80. The second-order valence-electron chi connectivity index (χ2n) is 5.18. The van der Waals surface area contributed by atoms with Crippen LogP contribution in [0.2, 0.25) is 0 Å². The Kier molecular flexibility index (Phi) is 3.66. The lowest BCUT2D eigenvalue weighted by molar-refractivity contribution is -0.149. The molecule has 1 aliphatic rings. The van der Waals surface area contributed by atoms with E-state index >= 15 is 0 Å². The lowest BCUT2D eigenvalue weighted by Crippen LogP contribution is -2.42. The van der Waals surface area contributed by atoms with Crippen LogP contribution in [0.1, 0.15) is 42.6 Å². The molecule has 0 unspecified atom stereocenters. The maximum atomic E-state index is 12.4. The van der Waals surface area contributed by atoms with Crippen LogP contribution in [-0.2, 0) is 4.79 Å². The fourth-order valence-electron chi connectivity index (χ4n) is 2.65. The predicted octanol–water partition coefficient (Wildman–Crippen LogP) is 3.00. The van der Waals surface area contributed by atoms with E-state index in [2.05, 4.69) is 6.58 Å². The number of aliphatic carboxylic acids is 1. The van der Waals surface area contributed by atoms with Gasteiger partial charge < -0.3 is 10.0 Å². The van der Waals surface area contributed by atoms with Gasteiger partial charge in [-0.05, 0) is 18.9 Å². The molecule has 0 saturated heterocycles.